The van der Waals surface area contributed by atoms with E-state index in [0.717, 1.165) is 4.47 Å². The lowest BCUT2D eigenvalue weighted by Gasteiger charge is -2.22. The number of rotatable bonds is 2. The van der Waals surface area contributed by atoms with Crippen LogP contribution in [0.4, 0.5) is 5.69 Å². The molecule has 0 aliphatic carbocycles. The van der Waals surface area contributed by atoms with Crippen LogP contribution in [0.2, 0.25) is 0 Å². The molecule has 1 aromatic carbocycles. The van der Waals surface area contributed by atoms with Gasteiger partial charge in [-0.2, -0.15) is 0 Å². The van der Waals surface area contributed by atoms with E-state index in [4.69, 9.17) is 9.47 Å². The molecule has 17 heavy (non-hydrogen) atoms. The number of ether oxygens (including phenoxy) is 2. The zero-order valence-electron chi connectivity index (χ0n) is 8.98. The lowest BCUT2D eigenvalue weighted by atomic mass is 10.2. The molecule has 1 fully saturated rings. The van der Waals surface area contributed by atoms with Gasteiger partial charge in [-0.15, -0.1) is 0 Å². The summed E-state index contributed by atoms with van der Waals surface area (Å²) >= 11 is 3.22. The number of amides is 1. The molecule has 1 aliphatic heterocycles. The van der Waals surface area contributed by atoms with Crippen LogP contribution in [-0.2, 0) is 14.3 Å². The first-order valence-corrected chi connectivity index (χ1v) is 5.95. The van der Waals surface area contributed by atoms with Crippen LogP contribution in [0.3, 0.4) is 0 Å². The molecule has 0 unspecified atom stereocenters. The van der Waals surface area contributed by atoms with Gasteiger partial charge in [0.2, 0.25) is 0 Å². The summed E-state index contributed by atoms with van der Waals surface area (Å²) in [5, 5.41) is 12.2. The summed E-state index contributed by atoms with van der Waals surface area (Å²) in [5.41, 5.74) is 0.354. The van der Waals surface area contributed by atoms with Crippen molar-refractivity contribution in [1.29, 1.82) is 0 Å². The highest BCUT2D eigenvalue weighted by Gasteiger charge is 2.23. The van der Waals surface area contributed by atoms with Gasteiger partial charge in [-0.1, -0.05) is 15.9 Å². The fourth-order valence-corrected chi connectivity index (χ4v) is 1.81. The van der Waals surface area contributed by atoms with Crippen molar-refractivity contribution >= 4 is 27.5 Å². The third kappa shape index (κ3) is 3.18. The number of carbonyl (C=O) groups excluding carboxylic acids is 1. The zero-order valence-corrected chi connectivity index (χ0v) is 10.6. The summed E-state index contributed by atoms with van der Waals surface area (Å²) < 4.78 is 11.1. The number of carbonyl (C=O) groups is 1. The molecule has 1 aromatic rings. The van der Waals surface area contributed by atoms with Gasteiger partial charge in [0, 0.05) is 4.47 Å². The number of hydrogen-bond donors (Lipinski definition) is 2. The van der Waals surface area contributed by atoms with Crippen molar-refractivity contribution in [2.24, 2.45) is 0 Å². The molecule has 2 rings (SSSR count). The Morgan fingerprint density at radius 3 is 2.94 bits per heavy atom. The van der Waals surface area contributed by atoms with Crippen molar-refractivity contribution in [1.82, 2.24) is 0 Å². The second-order valence-corrected chi connectivity index (χ2v) is 4.50. The van der Waals surface area contributed by atoms with Crippen LogP contribution in [0, 0.1) is 0 Å². The highest BCUT2D eigenvalue weighted by atomic mass is 79.9. The summed E-state index contributed by atoms with van der Waals surface area (Å²) in [7, 11) is 0. The Hall–Kier alpha value is -1.11. The average Bonchev–Trinajstić information content (AvgIpc) is 2.34. The van der Waals surface area contributed by atoms with Crippen molar-refractivity contribution in [3.8, 4) is 5.75 Å². The minimum Gasteiger partial charge on any atom is -0.506 e. The van der Waals surface area contributed by atoms with Gasteiger partial charge < -0.3 is 19.9 Å². The topological polar surface area (TPSA) is 67.8 Å². The predicted octanol–water partition coefficient (Wildman–Crippen LogP) is 1.51. The van der Waals surface area contributed by atoms with E-state index < -0.39 is 6.10 Å². The van der Waals surface area contributed by atoms with Crippen molar-refractivity contribution in [2.75, 3.05) is 25.1 Å². The number of halogens is 1. The number of phenols is 1. The van der Waals surface area contributed by atoms with E-state index in [0.29, 0.717) is 18.9 Å². The number of benzene rings is 1. The Bertz CT molecular complexity index is 418. The van der Waals surface area contributed by atoms with Crippen molar-refractivity contribution < 1.29 is 19.4 Å². The summed E-state index contributed by atoms with van der Waals surface area (Å²) in [4.78, 5) is 11.8. The molecule has 1 atom stereocenters. The Morgan fingerprint density at radius 1 is 1.47 bits per heavy atom. The van der Waals surface area contributed by atoms with E-state index in [9.17, 15) is 9.90 Å². The highest BCUT2D eigenvalue weighted by molar-refractivity contribution is 9.10. The number of aromatic hydroxyl groups is 1. The number of hydrogen-bond acceptors (Lipinski definition) is 4. The maximum atomic E-state index is 11.8. The van der Waals surface area contributed by atoms with Crippen LogP contribution in [0.15, 0.2) is 22.7 Å². The van der Waals surface area contributed by atoms with Crippen molar-refractivity contribution in [3.63, 3.8) is 0 Å². The Morgan fingerprint density at radius 2 is 2.29 bits per heavy atom. The molecular weight excluding hydrogens is 290 g/mol. The molecule has 0 saturated carbocycles. The first kappa shape index (κ1) is 12.3. The van der Waals surface area contributed by atoms with Crippen molar-refractivity contribution in [2.45, 2.75) is 6.10 Å². The Balaban J connectivity index is 2.02. The number of nitrogens with one attached hydrogen (secondary N) is 1. The van der Waals surface area contributed by atoms with E-state index in [1.807, 2.05) is 0 Å². The Kier molecular flexibility index (Phi) is 3.98. The Labute approximate surface area is 107 Å². The fraction of sp³-hybridized carbons (Fsp3) is 0.364. The fourth-order valence-electron chi connectivity index (χ4n) is 1.46. The van der Waals surface area contributed by atoms with Crippen LogP contribution in [0.5, 0.6) is 5.75 Å². The molecule has 0 aromatic heterocycles. The molecule has 92 valence electrons. The van der Waals surface area contributed by atoms with Crippen LogP contribution < -0.4 is 5.32 Å². The summed E-state index contributed by atoms with van der Waals surface area (Å²) in [6, 6.07) is 4.85. The average molecular weight is 302 g/mol. The lowest BCUT2D eigenvalue weighted by molar-refractivity contribution is -0.142. The van der Waals surface area contributed by atoms with Crippen LogP contribution in [0.25, 0.3) is 0 Å². The third-order valence-electron chi connectivity index (χ3n) is 2.33. The normalized spacial score (nSPS) is 19.9. The monoisotopic (exact) mass is 301 g/mol. The standard InChI is InChI=1S/C11H12BrNO4/c12-7-1-2-8(9(14)5-7)13-11(15)10-6-16-3-4-17-10/h1-2,5,10,14H,3-4,6H2,(H,13,15)/t10-/m0/s1. The van der Waals surface area contributed by atoms with Gasteiger partial charge in [0.1, 0.15) is 5.75 Å². The molecule has 1 aliphatic rings. The third-order valence-corrected chi connectivity index (χ3v) is 2.82. The molecule has 0 radical (unpaired) electrons. The van der Waals surface area contributed by atoms with Crippen LogP contribution >= 0.6 is 15.9 Å². The molecule has 6 heteroatoms. The largest absolute Gasteiger partial charge is 0.506 e. The molecular formula is C11H12BrNO4. The SMILES string of the molecule is O=C(Nc1ccc(Br)cc1O)[C@@H]1COCCO1. The van der Waals surface area contributed by atoms with Gasteiger partial charge in [-0.25, -0.2) is 0 Å². The van der Waals surface area contributed by atoms with E-state index in [-0.39, 0.29) is 18.3 Å². The van der Waals surface area contributed by atoms with E-state index >= 15 is 0 Å². The molecule has 5 nitrogen and oxygen atoms in total. The molecule has 0 bridgehead atoms. The van der Waals surface area contributed by atoms with Crippen LogP contribution in [-0.4, -0.2) is 36.9 Å². The second kappa shape index (κ2) is 5.48. The maximum absolute atomic E-state index is 11.8. The lowest BCUT2D eigenvalue weighted by Crippen LogP contribution is -2.39. The minimum atomic E-state index is -0.619. The van der Waals surface area contributed by atoms with Gasteiger partial charge in [0.05, 0.1) is 25.5 Å². The van der Waals surface area contributed by atoms with Crippen molar-refractivity contribution in [3.05, 3.63) is 22.7 Å². The quantitative estimate of drug-likeness (QED) is 0.813. The first-order valence-electron chi connectivity index (χ1n) is 5.15. The second-order valence-electron chi connectivity index (χ2n) is 3.59. The molecule has 1 heterocycles. The van der Waals surface area contributed by atoms with Gasteiger partial charge >= 0.3 is 0 Å². The van der Waals surface area contributed by atoms with Gasteiger partial charge in [-0.3, -0.25) is 4.79 Å². The first-order chi connectivity index (χ1) is 8.16. The summed E-state index contributed by atoms with van der Waals surface area (Å²) in [6.45, 7) is 1.15. The zero-order chi connectivity index (χ0) is 12.3. The van der Waals surface area contributed by atoms with E-state index in [1.165, 1.54) is 6.07 Å². The molecule has 0 spiro atoms. The molecule has 2 N–H and O–H groups in total. The van der Waals surface area contributed by atoms with E-state index in [2.05, 4.69) is 21.2 Å². The van der Waals surface area contributed by atoms with Crippen LogP contribution in [0.1, 0.15) is 0 Å². The minimum absolute atomic E-state index is 0.00412. The predicted molar refractivity (Wildman–Crippen MR) is 65.0 cm³/mol. The number of anilines is 1. The highest BCUT2D eigenvalue weighted by Crippen LogP contribution is 2.27. The van der Waals surface area contributed by atoms with Gasteiger partial charge in [0.25, 0.3) is 5.91 Å². The molecule has 1 saturated heterocycles. The van der Waals surface area contributed by atoms with Gasteiger partial charge in [0.15, 0.2) is 6.10 Å². The summed E-state index contributed by atoms with van der Waals surface area (Å²) in [5.74, 6) is -0.313. The maximum Gasteiger partial charge on any atom is 0.256 e. The smallest absolute Gasteiger partial charge is 0.256 e. The van der Waals surface area contributed by atoms with Gasteiger partial charge in [-0.05, 0) is 18.2 Å². The number of phenolic OH excluding ortho intramolecular Hbond substituents is 1. The van der Waals surface area contributed by atoms with E-state index in [1.54, 1.807) is 12.1 Å². The molecule has 1 amide bonds. The summed E-state index contributed by atoms with van der Waals surface area (Å²) in [6.07, 6.45) is -0.619.